The van der Waals surface area contributed by atoms with Gasteiger partial charge in [-0.2, -0.15) is 0 Å². The first kappa shape index (κ1) is 20.7. The summed E-state index contributed by atoms with van der Waals surface area (Å²) in [6.07, 6.45) is 4.23. The Morgan fingerprint density at radius 1 is 1.20 bits per heavy atom. The molecule has 1 atom stereocenters. The van der Waals surface area contributed by atoms with Crippen LogP contribution in [0.25, 0.3) is 0 Å². The number of nitrogens with one attached hydrogen (secondary N) is 1. The van der Waals surface area contributed by atoms with Gasteiger partial charge in [0.25, 0.3) is 5.91 Å². The van der Waals surface area contributed by atoms with Crippen LogP contribution >= 0.6 is 22.9 Å². The molecule has 156 valence electrons. The van der Waals surface area contributed by atoms with Crippen LogP contribution < -0.4 is 5.32 Å². The summed E-state index contributed by atoms with van der Waals surface area (Å²) in [6, 6.07) is 11.2. The van der Waals surface area contributed by atoms with Crippen molar-refractivity contribution in [2.45, 2.75) is 51.2 Å². The van der Waals surface area contributed by atoms with Crippen LogP contribution in [0.2, 0.25) is 0 Å². The van der Waals surface area contributed by atoms with E-state index in [4.69, 9.17) is 0 Å². The topological polar surface area (TPSA) is 75.2 Å². The molecule has 1 aliphatic carbocycles. The van der Waals surface area contributed by atoms with E-state index in [1.54, 1.807) is 21.6 Å². The van der Waals surface area contributed by atoms with Crippen LogP contribution in [0.3, 0.4) is 0 Å². The van der Waals surface area contributed by atoms with Gasteiger partial charge in [0.1, 0.15) is 6.04 Å². The molecule has 1 aliphatic rings. The van der Waals surface area contributed by atoms with Gasteiger partial charge in [-0.05, 0) is 48.3 Å². The monoisotopic (exact) mass is 440 g/mol. The third-order valence-corrected chi connectivity index (χ3v) is 6.77. The number of hydrogen-bond donors (Lipinski definition) is 1. The quantitative estimate of drug-likeness (QED) is 0.593. The van der Waals surface area contributed by atoms with E-state index in [2.05, 4.69) is 14.9 Å². The Hall–Kier alpha value is -2.58. The largest absolute Gasteiger partial charge is 0.351 e. The zero-order valence-corrected chi connectivity index (χ0v) is 18.4. The fraction of sp³-hybridized carbons (Fsp3) is 0.364. The SMILES string of the molecule is Cc1ccc([C@@H](C(=O)NC2CCCC2)N(Cc2cccs2)C(=O)c2csnn2)cc1. The highest BCUT2D eigenvalue weighted by Crippen LogP contribution is 2.28. The summed E-state index contributed by atoms with van der Waals surface area (Å²) in [5.41, 5.74) is 2.17. The van der Waals surface area contributed by atoms with Gasteiger partial charge in [0.15, 0.2) is 5.69 Å². The lowest BCUT2D eigenvalue weighted by molar-refractivity contribution is -0.126. The van der Waals surface area contributed by atoms with Crippen molar-refractivity contribution in [2.24, 2.45) is 0 Å². The van der Waals surface area contributed by atoms with Gasteiger partial charge in [-0.25, -0.2) is 0 Å². The maximum Gasteiger partial charge on any atom is 0.276 e. The summed E-state index contributed by atoms with van der Waals surface area (Å²) in [4.78, 5) is 29.5. The van der Waals surface area contributed by atoms with Gasteiger partial charge < -0.3 is 10.2 Å². The maximum absolute atomic E-state index is 13.5. The predicted molar refractivity (Wildman–Crippen MR) is 118 cm³/mol. The van der Waals surface area contributed by atoms with Gasteiger partial charge in [0.05, 0.1) is 6.54 Å². The van der Waals surface area contributed by atoms with E-state index < -0.39 is 6.04 Å². The molecule has 6 nitrogen and oxygen atoms in total. The number of rotatable bonds is 7. The smallest absolute Gasteiger partial charge is 0.276 e. The molecule has 4 rings (SSSR count). The van der Waals surface area contributed by atoms with Gasteiger partial charge in [-0.15, -0.1) is 16.4 Å². The summed E-state index contributed by atoms with van der Waals surface area (Å²) >= 11 is 2.70. The van der Waals surface area contributed by atoms with Gasteiger partial charge in [-0.1, -0.05) is 53.2 Å². The maximum atomic E-state index is 13.5. The van der Waals surface area contributed by atoms with Crippen LogP contribution in [0.4, 0.5) is 0 Å². The van der Waals surface area contributed by atoms with Crippen LogP contribution in [0.15, 0.2) is 47.2 Å². The van der Waals surface area contributed by atoms with Gasteiger partial charge in [0, 0.05) is 16.3 Å². The predicted octanol–water partition coefficient (Wildman–Crippen LogP) is 4.35. The third kappa shape index (κ3) is 4.76. The number of amides is 2. The molecular formula is C22H24N4O2S2. The second kappa shape index (κ2) is 9.49. The first-order valence-electron chi connectivity index (χ1n) is 10.1. The van der Waals surface area contributed by atoms with E-state index in [1.165, 1.54) is 0 Å². The molecule has 0 saturated heterocycles. The van der Waals surface area contributed by atoms with E-state index in [1.807, 2.05) is 48.7 Å². The molecule has 0 unspecified atom stereocenters. The van der Waals surface area contributed by atoms with Crippen LogP contribution in [0, 0.1) is 6.92 Å². The summed E-state index contributed by atoms with van der Waals surface area (Å²) < 4.78 is 3.84. The standard InChI is InChI=1S/C22H24N4O2S2/c1-15-8-10-16(11-9-15)20(21(27)23-17-5-2-3-6-17)26(13-18-7-4-12-29-18)22(28)19-14-30-25-24-19/h4,7-12,14,17,20H,2-3,5-6,13H2,1H3,(H,23,27)/t20-/m0/s1. The molecule has 1 saturated carbocycles. The minimum Gasteiger partial charge on any atom is -0.351 e. The van der Waals surface area contributed by atoms with Crippen molar-refractivity contribution in [2.75, 3.05) is 0 Å². The second-order valence-corrected chi connectivity index (χ2v) is 9.25. The number of carbonyl (C=O) groups excluding carboxylic acids is 2. The molecule has 1 fully saturated rings. The Balaban J connectivity index is 1.71. The molecule has 2 aromatic heterocycles. The minimum atomic E-state index is -0.734. The number of aromatic nitrogens is 2. The van der Waals surface area contributed by atoms with Crippen LogP contribution in [-0.4, -0.2) is 32.3 Å². The number of aryl methyl sites for hydroxylation is 1. The fourth-order valence-electron chi connectivity index (χ4n) is 3.83. The lowest BCUT2D eigenvalue weighted by Gasteiger charge is -2.31. The molecule has 2 heterocycles. The number of carbonyl (C=O) groups is 2. The summed E-state index contributed by atoms with van der Waals surface area (Å²) in [6.45, 7) is 2.34. The van der Waals surface area contributed by atoms with E-state index in [0.29, 0.717) is 6.54 Å². The molecule has 0 aliphatic heterocycles. The molecule has 0 radical (unpaired) electrons. The average Bonchev–Trinajstić information content (AvgIpc) is 3.52. The first-order chi connectivity index (χ1) is 14.6. The highest BCUT2D eigenvalue weighted by molar-refractivity contribution is 7.09. The molecule has 2 amide bonds. The van der Waals surface area contributed by atoms with Crippen molar-refractivity contribution in [3.63, 3.8) is 0 Å². The number of benzene rings is 1. The van der Waals surface area contributed by atoms with Crippen molar-refractivity contribution < 1.29 is 9.59 Å². The molecule has 8 heteroatoms. The molecule has 30 heavy (non-hydrogen) atoms. The Morgan fingerprint density at radius 2 is 1.97 bits per heavy atom. The van der Waals surface area contributed by atoms with Crippen LogP contribution in [0.1, 0.15) is 58.2 Å². The Labute approximate surface area is 184 Å². The van der Waals surface area contributed by atoms with Crippen molar-refractivity contribution in [1.29, 1.82) is 0 Å². The Kier molecular flexibility index (Phi) is 6.54. The van der Waals surface area contributed by atoms with Crippen LogP contribution in [-0.2, 0) is 11.3 Å². The van der Waals surface area contributed by atoms with E-state index in [0.717, 1.165) is 53.2 Å². The third-order valence-electron chi connectivity index (χ3n) is 5.40. The lowest BCUT2D eigenvalue weighted by atomic mass is 10.0. The van der Waals surface area contributed by atoms with Gasteiger partial charge in [0.2, 0.25) is 5.91 Å². The molecule has 0 spiro atoms. The van der Waals surface area contributed by atoms with Gasteiger partial charge in [-0.3, -0.25) is 9.59 Å². The van der Waals surface area contributed by atoms with E-state index >= 15 is 0 Å². The Bertz CT molecular complexity index is 965. The van der Waals surface area contributed by atoms with Crippen molar-refractivity contribution >= 4 is 34.7 Å². The summed E-state index contributed by atoms with van der Waals surface area (Å²) in [5.74, 6) is -0.428. The molecule has 1 N–H and O–H groups in total. The zero-order chi connectivity index (χ0) is 20.9. The highest BCUT2D eigenvalue weighted by Gasteiger charge is 2.34. The number of thiophene rings is 1. The van der Waals surface area contributed by atoms with E-state index in [9.17, 15) is 9.59 Å². The lowest BCUT2D eigenvalue weighted by Crippen LogP contribution is -2.45. The molecule has 1 aromatic carbocycles. The fourth-order valence-corrected chi connectivity index (χ4v) is 4.96. The van der Waals surface area contributed by atoms with Crippen molar-refractivity contribution in [1.82, 2.24) is 19.8 Å². The molecule has 3 aromatic rings. The van der Waals surface area contributed by atoms with Crippen molar-refractivity contribution in [3.05, 3.63) is 68.9 Å². The Morgan fingerprint density at radius 3 is 2.60 bits per heavy atom. The number of nitrogens with zero attached hydrogens (tertiary/aromatic N) is 3. The number of hydrogen-bond acceptors (Lipinski definition) is 6. The molecular weight excluding hydrogens is 416 g/mol. The highest BCUT2D eigenvalue weighted by atomic mass is 32.1. The second-order valence-electron chi connectivity index (χ2n) is 7.61. The van der Waals surface area contributed by atoms with E-state index in [-0.39, 0.29) is 23.6 Å². The van der Waals surface area contributed by atoms with Gasteiger partial charge >= 0.3 is 0 Å². The van der Waals surface area contributed by atoms with Crippen LogP contribution in [0.5, 0.6) is 0 Å². The zero-order valence-electron chi connectivity index (χ0n) is 16.8. The molecule has 0 bridgehead atoms. The minimum absolute atomic E-state index is 0.140. The average molecular weight is 441 g/mol. The first-order valence-corrected chi connectivity index (χ1v) is 11.8. The summed E-state index contributed by atoms with van der Waals surface area (Å²) in [5, 5.41) is 10.8. The summed E-state index contributed by atoms with van der Waals surface area (Å²) in [7, 11) is 0. The van der Waals surface area contributed by atoms with Crippen molar-refractivity contribution in [3.8, 4) is 0 Å². The normalized spacial score (nSPS) is 15.1.